The first-order valence-corrected chi connectivity index (χ1v) is 41.9. The molecule has 0 bridgehead atoms. The molecule has 17 nitrogen and oxygen atoms in total. The molecular weight excluding hydrogens is 1250 g/mol. The van der Waals surface area contributed by atoms with Gasteiger partial charge in [0, 0.05) is 25.7 Å². The fourth-order valence-corrected chi connectivity index (χ4v) is 12.7. The molecule has 0 saturated heterocycles. The molecule has 19 heteroatoms. The molecule has 0 heterocycles. The molecule has 0 aliphatic carbocycles. The Morgan fingerprint density at radius 3 is 0.863 bits per heavy atom. The number of phosphoric ester groups is 2. The summed E-state index contributed by atoms with van der Waals surface area (Å²) < 4.78 is 68.4. The smallest absolute Gasteiger partial charge is 0.462 e. The lowest BCUT2D eigenvalue weighted by Crippen LogP contribution is -2.30. The molecule has 0 aliphatic rings. The lowest BCUT2D eigenvalue weighted by Gasteiger charge is -2.21. The fourth-order valence-electron chi connectivity index (χ4n) is 11.2. The first-order valence-electron chi connectivity index (χ1n) is 39.0. The molecule has 0 fully saturated rings. The molecular formula is C76H144O17P2. The van der Waals surface area contributed by atoms with Crippen LogP contribution in [-0.4, -0.2) is 96.7 Å². The van der Waals surface area contributed by atoms with Gasteiger partial charge < -0.3 is 33.8 Å². The number of aliphatic hydroxyl groups is 1. The molecule has 2 unspecified atom stereocenters. The molecule has 0 radical (unpaired) electrons. The van der Waals surface area contributed by atoms with Gasteiger partial charge in [0.05, 0.1) is 26.4 Å². The fraction of sp³-hybridized carbons (Fsp3) is 0.895. The zero-order valence-electron chi connectivity index (χ0n) is 61.3. The van der Waals surface area contributed by atoms with Crippen LogP contribution in [0.3, 0.4) is 0 Å². The van der Waals surface area contributed by atoms with Crippen LogP contribution in [0.1, 0.15) is 375 Å². The number of carbonyl (C=O) groups excluding carboxylic acids is 4. The topological polar surface area (TPSA) is 237 Å². The normalized spacial score (nSPS) is 14.1. The third kappa shape index (κ3) is 69.8. The predicted octanol–water partition coefficient (Wildman–Crippen LogP) is 22.0. The molecule has 0 aromatic carbocycles. The highest BCUT2D eigenvalue weighted by Gasteiger charge is 2.30. The summed E-state index contributed by atoms with van der Waals surface area (Å²) in [6, 6.07) is 0. The number of esters is 4. The Morgan fingerprint density at radius 2 is 0.568 bits per heavy atom. The van der Waals surface area contributed by atoms with Crippen molar-refractivity contribution in [2.75, 3.05) is 39.6 Å². The lowest BCUT2D eigenvalue weighted by molar-refractivity contribution is -0.161. The average Bonchev–Trinajstić information content (AvgIpc) is 1.37. The Hall–Kier alpha value is -2.46. The van der Waals surface area contributed by atoms with E-state index in [1.54, 1.807) is 0 Å². The minimum Gasteiger partial charge on any atom is -0.462 e. The second-order valence-electron chi connectivity index (χ2n) is 27.2. The average molecular weight is 1390 g/mol. The van der Waals surface area contributed by atoms with Crippen LogP contribution in [0, 0.1) is 5.92 Å². The van der Waals surface area contributed by atoms with Gasteiger partial charge in [0.1, 0.15) is 19.3 Å². The Balaban J connectivity index is 5.24. The number of hydrogen-bond acceptors (Lipinski definition) is 15. The molecule has 0 spiro atoms. The van der Waals surface area contributed by atoms with Gasteiger partial charge in [0.25, 0.3) is 0 Å². The summed E-state index contributed by atoms with van der Waals surface area (Å²) in [7, 11) is -9.92. The van der Waals surface area contributed by atoms with Crippen LogP contribution >= 0.6 is 15.6 Å². The Morgan fingerprint density at radius 1 is 0.326 bits per heavy atom. The molecule has 0 aromatic heterocycles. The van der Waals surface area contributed by atoms with Crippen molar-refractivity contribution in [3.05, 3.63) is 24.3 Å². The zero-order chi connectivity index (χ0) is 69.8. The van der Waals surface area contributed by atoms with E-state index in [4.69, 9.17) is 37.0 Å². The summed E-state index contributed by atoms with van der Waals surface area (Å²) in [6.45, 7) is 7.19. The van der Waals surface area contributed by atoms with Crippen LogP contribution in [0.2, 0.25) is 0 Å². The third-order valence-electron chi connectivity index (χ3n) is 17.2. The predicted molar refractivity (Wildman–Crippen MR) is 386 cm³/mol. The molecule has 0 rings (SSSR count). The van der Waals surface area contributed by atoms with Gasteiger partial charge in [-0.15, -0.1) is 0 Å². The van der Waals surface area contributed by atoms with Crippen molar-refractivity contribution in [1.82, 2.24) is 0 Å². The lowest BCUT2D eigenvalue weighted by atomic mass is 10.0. The van der Waals surface area contributed by atoms with Crippen LogP contribution < -0.4 is 0 Å². The number of phosphoric acid groups is 2. The van der Waals surface area contributed by atoms with Crippen molar-refractivity contribution in [1.29, 1.82) is 0 Å². The zero-order valence-corrected chi connectivity index (χ0v) is 63.1. The number of allylic oxidation sites excluding steroid dienone is 4. The molecule has 3 N–H and O–H groups in total. The van der Waals surface area contributed by atoms with Crippen LogP contribution in [0.5, 0.6) is 0 Å². The number of hydrogen-bond donors (Lipinski definition) is 3. The molecule has 560 valence electrons. The summed E-state index contributed by atoms with van der Waals surface area (Å²) in [5.74, 6) is -1.40. The molecule has 0 amide bonds. The van der Waals surface area contributed by atoms with Gasteiger partial charge in [-0.1, -0.05) is 322 Å². The van der Waals surface area contributed by atoms with Crippen LogP contribution in [0.15, 0.2) is 24.3 Å². The molecule has 0 aliphatic heterocycles. The van der Waals surface area contributed by atoms with Gasteiger partial charge in [-0.05, 0) is 57.3 Å². The number of ether oxygens (including phenoxy) is 4. The maximum atomic E-state index is 13.1. The minimum atomic E-state index is -4.96. The van der Waals surface area contributed by atoms with E-state index in [1.807, 2.05) is 0 Å². The quantitative estimate of drug-likeness (QED) is 0.0169. The maximum absolute atomic E-state index is 13.1. The van der Waals surface area contributed by atoms with E-state index in [-0.39, 0.29) is 25.7 Å². The Bertz CT molecular complexity index is 1920. The van der Waals surface area contributed by atoms with E-state index in [1.165, 1.54) is 173 Å². The number of aliphatic hydroxyl groups excluding tert-OH is 1. The second kappa shape index (κ2) is 68.7. The molecule has 5 atom stereocenters. The van der Waals surface area contributed by atoms with Crippen molar-refractivity contribution in [3.8, 4) is 0 Å². The van der Waals surface area contributed by atoms with Gasteiger partial charge >= 0.3 is 39.5 Å². The van der Waals surface area contributed by atoms with Crippen LogP contribution in [0.25, 0.3) is 0 Å². The summed E-state index contributed by atoms with van der Waals surface area (Å²) in [6.07, 6.45) is 60.6. The van der Waals surface area contributed by atoms with E-state index >= 15 is 0 Å². The van der Waals surface area contributed by atoms with E-state index < -0.39 is 97.5 Å². The summed E-state index contributed by atoms with van der Waals surface area (Å²) in [5.41, 5.74) is 0. The molecule has 95 heavy (non-hydrogen) atoms. The van der Waals surface area contributed by atoms with E-state index in [2.05, 4.69) is 58.9 Å². The second-order valence-corrected chi connectivity index (χ2v) is 30.1. The van der Waals surface area contributed by atoms with Crippen molar-refractivity contribution in [2.45, 2.75) is 393 Å². The highest BCUT2D eigenvalue weighted by molar-refractivity contribution is 7.47. The van der Waals surface area contributed by atoms with Gasteiger partial charge in [0.15, 0.2) is 12.2 Å². The summed E-state index contributed by atoms with van der Waals surface area (Å²) >= 11 is 0. The molecule has 0 aromatic rings. The van der Waals surface area contributed by atoms with Crippen molar-refractivity contribution < 1.29 is 80.2 Å². The summed E-state index contributed by atoms with van der Waals surface area (Å²) in [4.78, 5) is 72.7. The van der Waals surface area contributed by atoms with Crippen molar-refractivity contribution in [2.24, 2.45) is 5.92 Å². The summed E-state index contributed by atoms with van der Waals surface area (Å²) in [5, 5.41) is 10.6. The molecule has 0 saturated carbocycles. The van der Waals surface area contributed by atoms with E-state index in [9.17, 15) is 43.2 Å². The van der Waals surface area contributed by atoms with Crippen LogP contribution in [0.4, 0.5) is 0 Å². The van der Waals surface area contributed by atoms with Gasteiger partial charge in [-0.2, -0.15) is 0 Å². The van der Waals surface area contributed by atoms with Crippen LogP contribution in [-0.2, 0) is 65.4 Å². The Kier molecular flexibility index (Phi) is 66.9. The van der Waals surface area contributed by atoms with Gasteiger partial charge in [0.2, 0.25) is 0 Å². The highest BCUT2D eigenvalue weighted by Crippen LogP contribution is 2.45. The number of unbranched alkanes of at least 4 members (excludes halogenated alkanes) is 43. The third-order valence-corrected chi connectivity index (χ3v) is 19.1. The standard InChI is InChI=1S/C76H144O17P2/c1-6-9-12-15-18-21-23-25-27-28-29-30-32-34-36-41-46-51-56-61-75(80)93-72(66-87-74(79)60-55-50-45-40-35-33-31-26-24-22-19-16-13-10-7-2)68-91-95(84,85)89-64-70(77)63-88-94(82,83)90-67-71(65-86-73(78)59-54-49-44-20-17-14-11-8-3)92-76(81)62-57-52-47-42-38-37-39-43-48-53-58-69(4)5/h22,24,26,31,69-72,77H,6-21,23,25,27-30,32-68H2,1-5H3,(H,82,83)(H,84,85)/b24-22-,31-26-/t70-,71+,72+/m0/s1. The van der Waals surface area contributed by atoms with E-state index in [0.29, 0.717) is 25.7 Å². The Labute approximate surface area is 580 Å². The van der Waals surface area contributed by atoms with Crippen molar-refractivity contribution >= 4 is 39.5 Å². The van der Waals surface area contributed by atoms with Gasteiger partial charge in [-0.3, -0.25) is 37.3 Å². The van der Waals surface area contributed by atoms with Gasteiger partial charge in [-0.25, -0.2) is 9.13 Å². The maximum Gasteiger partial charge on any atom is 0.472 e. The SMILES string of the molecule is CCCCCC/C=C\C=C/CCCCCCCC(=O)OC[C@H](COP(=O)(O)OC[C@@H](O)COP(=O)(O)OC[C@@H](COC(=O)CCCCCCCCCC)OC(=O)CCCCCCCCCCCCC(C)C)OC(=O)CCCCCCCCCCCCCCCCCCCCC. The largest absolute Gasteiger partial charge is 0.472 e. The first-order chi connectivity index (χ1) is 46.0. The van der Waals surface area contributed by atoms with E-state index in [0.717, 1.165) is 121 Å². The number of rotatable bonds is 74. The first kappa shape index (κ1) is 92.5. The monoisotopic (exact) mass is 1390 g/mol. The highest BCUT2D eigenvalue weighted by atomic mass is 31.2. The number of carbonyl (C=O) groups is 4. The minimum absolute atomic E-state index is 0.102. The van der Waals surface area contributed by atoms with Crippen molar-refractivity contribution in [3.63, 3.8) is 0 Å².